The molecule has 0 spiro atoms. The van der Waals surface area contributed by atoms with Gasteiger partial charge in [0.15, 0.2) is 17.5 Å². The lowest BCUT2D eigenvalue weighted by Gasteiger charge is -2.19. The Hall–Kier alpha value is -6.65. The van der Waals surface area contributed by atoms with Crippen LogP contribution >= 0.6 is 0 Å². The van der Waals surface area contributed by atoms with Gasteiger partial charge in [-0.05, 0) is 74.8 Å². The minimum absolute atomic E-state index is 0.601. The first-order chi connectivity index (χ1) is 25.3. The van der Waals surface area contributed by atoms with Crippen LogP contribution in [0.3, 0.4) is 0 Å². The zero-order chi connectivity index (χ0) is 33.7. The lowest BCUT2D eigenvalue weighted by molar-refractivity contribution is 0.669. The number of hydrogen-bond donors (Lipinski definition) is 0. The minimum Gasteiger partial charge on any atom is -0.456 e. The van der Waals surface area contributed by atoms with E-state index in [0.29, 0.717) is 17.5 Å². The van der Waals surface area contributed by atoms with E-state index < -0.39 is 0 Å². The molecule has 0 unspecified atom stereocenters. The molecule has 9 aromatic rings. The van der Waals surface area contributed by atoms with Crippen molar-refractivity contribution in [3.63, 3.8) is 0 Å². The second-order valence-corrected chi connectivity index (χ2v) is 13.0. The van der Waals surface area contributed by atoms with Crippen molar-refractivity contribution >= 4 is 49.1 Å². The summed E-state index contributed by atoms with van der Waals surface area (Å²) >= 11 is 0. The van der Waals surface area contributed by atoms with E-state index in [2.05, 4.69) is 109 Å². The van der Waals surface area contributed by atoms with E-state index in [1.807, 2.05) is 54.6 Å². The Morgan fingerprint density at radius 3 is 1.55 bits per heavy atom. The van der Waals surface area contributed by atoms with Gasteiger partial charge in [-0.2, -0.15) is 0 Å². The van der Waals surface area contributed by atoms with Crippen molar-refractivity contribution in [2.75, 3.05) is 0 Å². The highest BCUT2D eigenvalue weighted by atomic mass is 16.3. The molecule has 0 radical (unpaired) electrons. The fourth-order valence-corrected chi connectivity index (χ4v) is 7.55. The van der Waals surface area contributed by atoms with Gasteiger partial charge in [-0.1, -0.05) is 146 Å². The Morgan fingerprint density at radius 1 is 0.392 bits per heavy atom. The Kier molecular flexibility index (Phi) is 6.91. The van der Waals surface area contributed by atoms with Crippen LogP contribution < -0.4 is 0 Å². The summed E-state index contributed by atoms with van der Waals surface area (Å²) in [6, 6.07) is 50.7. The largest absolute Gasteiger partial charge is 0.456 e. The number of hydrogen-bond acceptors (Lipinski definition) is 4. The van der Waals surface area contributed by atoms with E-state index in [0.717, 1.165) is 57.0 Å². The molecule has 1 aliphatic rings. The molecule has 0 saturated carbocycles. The van der Waals surface area contributed by atoms with Gasteiger partial charge in [-0.15, -0.1) is 0 Å². The number of fused-ring (bicyclic) bond motifs is 5. The molecule has 4 heteroatoms. The average Bonchev–Trinajstić information content (AvgIpc) is 3.58. The van der Waals surface area contributed by atoms with Crippen LogP contribution in [0.25, 0.3) is 94.3 Å². The molecule has 7 aromatic carbocycles. The summed E-state index contributed by atoms with van der Waals surface area (Å²) in [5.74, 6) is 1.85. The summed E-state index contributed by atoms with van der Waals surface area (Å²) < 4.78 is 6.22. The van der Waals surface area contributed by atoms with Gasteiger partial charge in [0.2, 0.25) is 0 Å². The Labute approximate surface area is 295 Å². The molecule has 2 aromatic heterocycles. The maximum atomic E-state index is 6.22. The maximum absolute atomic E-state index is 6.22. The van der Waals surface area contributed by atoms with Crippen LogP contribution in [0, 0.1) is 0 Å². The van der Waals surface area contributed by atoms with E-state index >= 15 is 0 Å². The van der Waals surface area contributed by atoms with Crippen LogP contribution in [0.1, 0.15) is 18.4 Å². The summed E-state index contributed by atoms with van der Waals surface area (Å²) in [7, 11) is 0. The number of nitrogens with zero attached hydrogens (tertiary/aromatic N) is 3. The number of aromatic nitrogens is 3. The number of rotatable bonds is 5. The van der Waals surface area contributed by atoms with Crippen LogP contribution in [-0.4, -0.2) is 15.0 Å². The molecule has 0 amide bonds. The normalized spacial score (nSPS) is 13.0. The average molecular weight is 654 g/mol. The van der Waals surface area contributed by atoms with Gasteiger partial charge in [0.1, 0.15) is 11.2 Å². The molecule has 0 saturated heterocycles. The van der Waals surface area contributed by atoms with E-state index in [1.165, 1.54) is 38.2 Å². The molecule has 2 heterocycles. The van der Waals surface area contributed by atoms with Crippen molar-refractivity contribution in [3.05, 3.63) is 169 Å². The van der Waals surface area contributed by atoms with Gasteiger partial charge >= 0.3 is 0 Å². The first-order valence-corrected chi connectivity index (χ1v) is 17.4. The first kappa shape index (κ1) is 29.3. The number of allylic oxidation sites excluding steroid dienone is 4. The van der Waals surface area contributed by atoms with Crippen LogP contribution in [-0.2, 0) is 0 Å². The van der Waals surface area contributed by atoms with Gasteiger partial charge in [0, 0.05) is 27.5 Å². The monoisotopic (exact) mass is 653 g/mol. The molecule has 0 N–H and O–H groups in total. The van der Waals surface area contributed by atoms with Crippen LogP contribution in [0.5, 0.6) is 0 Å². The van der Waals surface area contributed by atoms with Crippen LogP contribution in [0.4, 0.5) is 0 Å². The number of furan rings is 1. The van der Waals surface area contributed by atoms with E-state index in [-0.39, 0.29) is 0 Å². The van der Waals surface area contributed by atoms with Crippen molar-refractivity contribution in [1.82, 2.24) is 15.0 Å². The molecule has 240 valence electrons. The molecular weight excluding hydrogens is 623 g/mol. The second-order valence-electron chi connectivity index (χ2n) is 13.0. The SMILES string of the molecule is C1=CC(c2c3ccccc3c(-c3ccc(-c4nc(-c5ccccc5)nc(-c5ccc6c(c5)oc5ccccc56)n4)cc3)c3ccccc23)=CCC1. The van der Waals surface area contributed by atoms with Crippen molar-refractivity contribution in [2.45, 2.75) is 12.8 Å². The third-order valence-corrected chi connectivity index (χ3v) is 9.95. The number of para-hydroxylation sites is 1. The standard InChI is InChI=1S/C47H31N3O/c1-3-13-30(14-4-1)43-37-18-7-9-20-39(37)44(40-21-10-8-19-38(40)43)31-23-25-33(26-24-31)46-48-45(32-15-5-2-6-16-32)49-47(50-46)34-27-28-36-35-17-11-12-22-41(35)51-42(36)29-34/h2-3,5-29H,1,4H2. The van der Waals surface area contributed by atoms with Gasteiger partial charge in [-0.3, -0.25) is 0 Å². The predicted molar refractivity (Wildman–Crippen MR) is 210 cm³/mol. The van der Waals surface area contributed by atoms with Crippen molar-refractivity contribution in [1.29, 1.82) is 0 Å². The maximum Gasteiger partial charge on any atom is 0.164 e. The highest BCUT2D eigenvalue weighted by Crippen LogP contribution is 2.43. The van der Waals surface area contributed by atoms with Crippen molar-refractivity contribution < 1.29 is 4.42 Å². The fourth-order valence-electron chi connectivity index (χ4n) is 7.55. The molecule has 4 nitrogen and oxygen atoms in total. The Morgan fingerprint density at radius 2 is 0.902 bits per heavy atom. The molecule has 51 heavy (non-hydrogen) atoms. The van der Waals surface area contributed by atoms with E-state index in [1.54, 1.807) is 0 Å². The lowest BCUT2D eigenvalue weighted by Crippen LogP contribution is -2.00. The highest BCUT2D eigenvalue weighted by Gasteiger charge is 2.19. The van der Waals surface area contributed by atoms with Gasteiger partial charge in [0.25, 0.3) is 0 Å². The fraction of sp³-hybridized carbons (Fsp3) is 0.0426. The zero-order valence-electron chi connectivity index (χ0n) is 27.8. The topological polar surface area (TPSA) is 51.8 Å². The van der Waals surface area contributed by atoms with Gasteiger partial charge < -0.3 is 4.42 Å². The molecule has 10 rings (SSSR count). The molecular formula is C47H31N3O. The minimum atomic E-state index is 0.601. The van der Waals surface area contributed by atoms with Gasteiger partial charge in [0.05, 0.1) is 0 Å². The predicted octanol–water partition coefficient (Wildman–Crippen LogP) is 12.5. The van der Waals surface area contributed by atoms with E-state index in [4.69, 9.17) is 19.4 Å². The van der Waals surface area contributed by atoms with E-state index in [9.17, 15) is 0 Å². The van der Waals surface area contributed by atoms with Crippen LogP contribution in [0.15, 0.2) is 168 Å². The molecule has 0 atom stereocenters. The summed E-state index contributed by atoms with van der Waals surface area (Å²) in [6.07, 6.45) is 9.11. The third-order valence-electron chi connectivity index (χ3n) is 9.95. The molecule has 0 fully saturated rings. The third kappa shape index (κ3) is 5.03. The Balaban J connectivity index is 1.12. The van der Waals surface area contributed by atoms with Gasteiger partial charge in [-0.25, -0.2) is 15.0 Å². The quantitative estimate of drug-likeness (QED) is 0.173. The highest BCUT2D eigenvalue weighted by molar-refractivity contribution is 6.19. The van der Waals surface area contributed by atoms with Crippen LogP contribution in [0.2, 0.25) is 0 Å². The smallest absolute Gasteiger partial charge is 0.164 e. The lowest BCUT2D eigenvalue weighted by atomic mass is 9.84. The summed E-state index contributed by atoms with van der Waals surface area (Å²) in [6.45, 7) is 0. The summed E-state index contributed by atoms with van der Waals surface area (Å²) in [5.41, 5.74) is 9.40. The number of benzene rings is 7. The molecule has 1 aliphatic carbocycles. The van der Waals surface area contributed by atoms with Crippen molar-refractivity contribution in [3.8, 4) is 45.3 Å². The molecule has 0 aliphatic heterocycles. The second kappa shape index (κ2) is 12.0. The first-order valence-electron chi connectivity index (χ1n) is 17.4. The summed E-state index contributed by atoms with van der Waals surface area (Å²) in [4.78, 5) is 15.0. The Bertz CT molecular complexity index is 2790. The molecule has 0 bridgehead atoms. The summed E-state index contributed by atoms with van der Waals surface area (Å²) in [5, 5.41) is 7.19. The zero-order valence-corrected chi connectivity index (χ0v) is 27.8. The van der Waals surface area contributed by atoms with Crippen molar-refractivity contribution in [2.24, 2.45) is 0 Å².